The molecule has 0 saturated heterocycles. The van der Waals surface area contributed by atoms with Crippen LogP contribution in [-0.4, -0.2) is 57.4 Å². The van der Waals surface area contributed by atoms with Crippen LogP contribution in [0.15, 0.2) is 220 Å². The van der Waals surface area contributed by atoms with Crippen LogP contribution in [0, 0.1) is 0 Å². The zero-order valence-electron chi connectivity index (χ0n) is 42.1. The fourth-order valence-corrected chi connectivity index (χ4v) is 5.85. The molecule has 0 saturated carbocycles. The van der Waals surface area contributed by atoms with Crippen LogP contribution in [0.4, 0.5) is 17.1 Å². The third-order valence-corrected chi connectivity index (χ3v) is 9.64. The van der Waals surface area contributed by atoms with Gasteiger partial charge in [0.15, 0.2) is 0 Å². The third-order valence-electron chi connectivity index (χ3n) is 9.64. The summed E-state index contributed by atoms with van der Waals surface area (Å²) in [4.78, 5) is 36.7. The van der Waals surface area contributed by atoms with E-state index in [1.165, 1.54) is 11.1 Å². The van der Waals surface area contributed by atoms with Crippen LogP contribution in [0.2, 0.25) is 0 Å². The van der Waals surface area contributed by atoms with Crippen molar-refractivity contribution in [2.75, 3.05) is 55.6 Å². The molecule has 73 heavy (non-hydrogen) atoms. The molecule has 0 atom stereocenters. The number of ether oxygens (including phenoxy) is 6. The number of hydrogen-bond donors (Lipinski definition) is 3. The summed E-state index contributed by atoms with van der Waals surface area (Å²) in [6.45, 7) is 25.3. The number of carbonyl (C=O) groups is 3. The number of carbonyl (C=O) groups excluding carboxylic acids is 3. The van der Waals surface area contributed by atoms with Gasteiger partial charge in [-0.05, 0) is 185 Å². The first-order valence-electron chi connectivity index (χ1n) is 23.4. The largest absolute Gasteiger partial charge is 0.490 e. The van der Waals surface area contributed by atoms with E-state index in [1.54, 1.807) is 146 Å². The van der Waals surface area contributed by atoms with Crippen molar-refractivity contribution < 1.29 is 42.8 Å². The Morgan fingerprint density at radius 2 is 0.521 bits per heavy atom. The average Bonchev–Trinajstić information content (AvgIpc) is 3.40. The molecule has 0 radical (unpaired) electrons. The summed E-state index contributed by atoms with van der Waals surface area (Å²) >= 11 is 0. The molecule has 6 rings (SSSR count). The van der Waals surface area contributed by atoms with Crippen LogP contribution >= 0.6 is 0 Å². The first-order chi connectivity index (χ1) is 35.4. The zero-order chi connectivity index (χ0) is 52.6. The minimum absolute atomic E-state index is 0.163. The molecule has 0 fully saturated rings. The predicted octanol–water partition coefficient (Wildman–Crippen LogP) is 13.8. The van der Waals surface area contributed by atoms with Crippen molar-refractivity contribution >= 4 is 34.8 Å². The number of benzene rings is 6. The van der Waals surface area contributed by atoms with Crippen molar-refractivity contribution in [1.29, 1.82) is 0 Å². The number of anilines is 3. The Labute approximate surface area is 430 Å². The van der Waals surface area contributed by atoms with Crippen LogP contribution in [0.3, 0.4) is 0 Å². The van der Waals surface area contributed by atoms with E-state index in [9.17, 15) is 14.4 Å². The number of rotatable bonds is 24. The summed E-state index contributed by atoms with van der Waals surface area (Å²) in [5.74, 6) is 3.84. The molecule has 0 aliphatic rings. The lowest BCUT2D eigenvalue weighted by atomic mass is 10.2. The fraction of sp³-hybridized carbons (Fsp3) is 0.164. The SMILES string of the molecule is C=CCOc1ccc(NC(=O)c2ccc(OCC=C)cc2)cc1.C=CCOc1ccc(NC(=O)c2ccc(OCC=C)cc2)cc1.CC(C)=CCOc1ccc(NC(=O)c2ccc(OCC=C(C)C)cc2)cc1. The molecule has 378 valence electrons. The van der Waals surface area contributed by atoms with Crippen molar-refractivity contribution in [2.24, 2.45) is 0 Å². The Morgan fingerprint density at radius 3 is 0.712 bits per heavy atom. The van der Waals surface area contributed by atoms with Gasteiger partial charge >= 0.3 is 0 Å². The van der Waals surface area contributed by atoms with Gasteiger partial charge < -0.3 is 44.4 Å². The summed E-state index contributed by atoms with van der Waals surface area (Å²) in [7, 11) is 0. The number of hydrogen-bond acceptors (Lipinski definition) is 9. The Bertz CT molecular complexity index is 2600. The smallest absolute Gasteiger partial charge is 0.255 e. The molecule has 0 heterocycles. The molecule has 12 heteroatoms. The number of amides is 3. The van der Waals surface area contributed by atoms with Crippen molar-refractivity contribution in [3.05, 3.63) is 236 Å². The molecule has 0 spiro atoms. The lowest BCUT2D eigenvalue weighted by Gasteiger charge is -2.08. The van der Waals surface area contributed by atoms with E-state index in [0.717, 1.165) is 28.7 Å². The Balaban J connectivity index is 0.000000238. The highest BCUT2D eigenvalue weighted by atomic mass is 16.5. The molecule has 12 nitrogen and oxygen atoms in total. The van der Waals surface area contributed by atoms with Gasteiger partial charge in [-0.25, -0.2) is 0 Å². The Hall–Kier alpha value is -9.03. The van der Waals surface area contributed by atoms with Crippen molar-refractivity contribution in [3.63, 3.8) is 0 Å². The standard InChI is InChI=1S/C23H27NO3.2C19H19NO3/c1-17(2)13-15-26-21-9-5-19(6-10-21)23(25)24-20-7-11-22(12-8-20)27-16-14-18(3)4;2*1-3-13-22-17-9-5-15(6-10-17)19(21)20-16-7-11-18(12-8-16)23-14-4-2/h5-14H,15-16H2,1-4H3,(H,24,25);2*3-12H,1-2,13-14H2,(H,20,21). The fourth-order valence-electron chi connectivity index (χ4n) is 5.85. The lowest BCUT2D eigenvalue weighted by molar-refractivity contribution is 0.101. The van der Waals surface area contributed by atoms with E-state index < -0.39 is 0 Å². The van der Waals surface area contributed by atoms with Crippen LogP contribution < -0.4 is 44.4 Å². The second-order valence-electron chi connectivity index (χ2n) is 16.1. The van der Waals surface area contributed by atoms with Gasteiger partial charge in [0.2, 0.25) is 0 Å². The van der Waals surface area contributed by atoms with E-state index >= 15 is 0 Å². The Morgan fingerprint density at radius 1 is 0.329 bits per heavy atom. The van der Waals surface area contributed by atoms with Gasteiger partial charge in [0.1, 0.15) is 74.1 Å². The molecule has 0 aromatic heterocycles. The molecule has 0 unspecified atom stereocenters. The van der Waals surface area contributed by atoms with Crippen LogP contribution in [0.5, 0.6) is 34.5 Å². The molecule has 3 N–H and O–H groups in total. The van der Waals surface area contributed by atoms with Crippen molar-refractivity contribution in [2.45, 2.75) is 27.7 Å². The summed E-state index contributed by atoms with van der Waals surface area (Å²) in [5.41, 5.74) is 6.24. The summed E-state index contributed by atoms with van der Waals surface area (Å²) in [6.07, 6.45) is 10.7. The van der Waals surface area contributed by atoms with Gasteiger partial charge in [0.05, 0.1) is 0 Å². The summed E-state index contributed by atoms with van der Waals surface area (Å²) < 4.78 is 32.8. The van der Waals surface area contributed by atoms with Crippen LogP contribution in [-0.2, 0) is 0 Å². The molecular weight excluding hydrogens is 919 g/mol. The molecule has 0 aliphatic carbocycles. The lowest BCUT2D eigenvalue weighted by Crippen LogP contribution is -2.11. The Kier molecular flexibility index (Phi) is 24.8. The van der Waals surface area contributed by atoms with Gasteiger partial charge in [-0.2, -0.15) is 0 Å². The molecule has 0 bridgehead atoms. The summed E-state index contributed by atoms with van der Waals surface area (Å²) in [5, 5.41) is 8.55. The second kappa shape index (κ2) is 32.0. The average molecular weight is 984 g/mol. The van der Waals surface area contributed by atoms with E-state index in [4.69, 9.17) is 28.4 Å². The highest BCUT2D eigenvalue weighted by Crippen LogP contribution is 2.21. The number of allylic oxidation sites excluding steroid dienone is 2. The quantitative estimate of drug-likeness (QED) is 0.0505. The van der Waals surface area contributed by atoms with Gasteiger partial charge in [-0.15, -0.1) is 0 Å². The molecule has 6 aromatic carbocycles. The maximum absolute atomic E-state index is 12.4. The first kappa shape index (κ1) is 56.6. The molecule has 6 aromatic rings. The third kappa shape index (κ3) is 22.1. The van der Waals surface area contributed by atoms with E-state index in [1.807, 2.05) is 64.1 Å². The zero-order valence-corrected chi connectivity index (χ0v) is 42.1. The minimum atomic E-state index is -0.181. The van der Waals surface area contributed by atoms with Gasteiger partial charge in [-0.1, -0.05) is 61.8 Å². The van der Waals surface area contributed by atoms with Crippen LogP contribution in [0.1, 0.15) is 58.8 Å². The topological polar surface area (TPSA) is 143 Å². The van der Waals surface area contributed by atoms with E-state index in [2.05, 4.69) is 42.3 Å². The predicted molar refractivity (Wildman–Crippen MR) is 295 cm³/mol. The highest BCUT2D eigenvalue weighted by Gasteiger charge is 2.10. The number of nitrogens with one attached hydrogen (secondary N) is 3. The molecular formula is C61H65N3O9. The van der Waals surface area contributed by atoms with E-state index in [-0.39, 0.29) is 17.7 Å². The molecule has 0 aliphatic heterocycles. The maximum Gasteiger partial charge on any atom is 0.255 e. The monoisotopic (exact) mass is 983 g/mol. The van der Waals surface area contributed by atoms with Crippen molar-refractivity contribution in [1.82, 2.24) is 0 Å². The molecule has 3 amide bonds. The van der Waals surface area contributed by atoms with Crippen molar-refractivity contribution in [3.8, 4) is 34.5 Å². The normalized spacial score (nSPS) is 9.81. The van der Waals surface area contributed by atoms with Gasteiger partial charge in [0.25, 0.3) is 17.7 Å². The first-order valence-corrected chi connectivity index (χ1v) is 23.4. The van der Waals surface area contributed by atoms with E-state index in [0.29, 0.717) is 79.2 Å². The van der Waals surface area contributed by atoms with Gasteiger partial charge in [-0.3, -0.25) is 14.4 Å². The second-order valence-corrected chi connectivity index (χ2v) is 16.1. The van der Waals surface area contributed by atoms with Crippen LogP contribution in [0.25, 0.3) is 0 Å². The highest BCUT2D eigenvalue weighted by molar-refractivity contribution is 6.05. The maximum atomic E-state index is 12.4. The van der Waals surface area contributed by atoms with Gasteiger partial charge in [0, 0.05) is 33.8 Å². The summed E-state index contributed by atoms with van der Waals surface area (Å²) in [6, 6.07) is 42.7. The minimum Gasteiger partial charge on any atom is -0.490 e.